The van der Waals surface area contributed by atoms with Crippen molar-refractivity contribution in [3.05, 3.63) is 53.3 Å². The summed E-state index contributed by atoms with van der Waals surface area (Å²) in [5.41, 5.74) is -0.977. The Balaban J connectivity index is 1.18. The van der Waals surface area contributed by atoms with Gasteiger partial charge in [0.2, 0.25) is 0 Å². The highest BCUT2D eigenvalue weighted by atomic mass is 32.1. The zero-order chi connectivity index (χ0) is 24.7. The second kappa shape index (κ2) is 7.64. The van der Waals surface area contributed by atoms with Crippen LogP contribution >= 0.6 is 11.3 Å². The molecule has 7 nitrogen and oxygen atoms in total. The SMILES string of the molecule is O=C(Nc1ccn(C23CC4CC(CC(C4)C2)C3)n1)c1cc2nc(-c3cccs3)cc(C(F)(F)F)n2n1. The van der Waals surface area contributed by atoms with Gasteiger partial charge < -0.3 is 5.32 Å². The number of rotatable bonds is 4. The molecule has 36 heavy (non-hydrogen) atoms. The number of anilines is 1. The fourth-order valence-corrected chi connectivity index (χ4v) is 7.70. The molecule has 0 radical (unpaired) electrons. The number of hydrogen-bond acceptors (Lipinski definition) is 5. The molecule has 0 saturated heterocycles. The first-order valence-electron chi connectivity index (χ1n) is 12.2. The molecule has 4 aliphatic rings. The van der Waals surface area contributed by atoms with E-state index in [9.17, 15) is 18.0 Å². The van der Waals surface area contributed by atoms with E-state index >= 15 is 0 Å². The van der Waals surface area contributed by atoms with Crippen molar-refractivity contribution in [2.45, 2.75) is 50.2 Å². The number of nitrogens with one attached hydrogen (secondary N) is 1. The quantitative estimate of drug-likeness (QED) is 0.372. The van der Waals surface area contributed by atoms with E-state index in [1.807, 2.05) is 10.9 Å². The molecular weight excluding hydrogens is 489 g/mol. The molecule has 4 fully saturated rings. The molecule has 186 valence electrons. The Morgan fingerprint density at radius 3 is 2.42 bits per heavy atom. The molecule has 4 saturated carbocycles. The molecule has 1 N–H and O–H groups in total. The normalized spacial score (nSPS) is 27.1. The van der Waals surface area contributed by atoms with Crippen LogP contribution in [0.4, 0.5) is 19.0 Å². The summed E-state index contributed by atoms with van der Waals surface area (Å²) in [7, 11) is 0. The Morgan fingerprint density at radius 1 is 1.06 bits per heavy atom. The molecule has 4 bridgehead atoms. The van der Waals surface area contributed by atoms with Crippen LogP contribution in [-0.4, -0.2) is 30.3 Å². The van der Waals surface area contributed by atoms with Crippen LogP contribution < -0.4 is 5.32 Å². The molecule has 4 aromatic rings. The highest BCUT2D eigenvalue weighted by Crippen LogP contribution is 2.58. The number of carbonyl (C=O) groups is 1. The number of hydrogen-bond donors (Lipinski definition) is 1. The second-order valence-electron chi connectivity index (χ2n) is 10.5. The van der Waals surface area contributed by atoms with E-state index in [1.165, 1.54) is 36.7 Å². The Bertz CT molecular complexity index is 1440. The predicted molar refractivity (Wildman–Crippen MR) is 128 cm³/mol. The first-order chi connectivity index (χ1) is 17.3. The minimum atomic E-state index is -4.66. The summed E-state index contributed by atoms with van der Waals surface area (Å²) in [6.45, 7) is 0. The predicted octanol–water partition coefficient (Wildman–Crippen LogP) is 5.85. The smallest absolute Gasteiger partial charge is 0.304 e. The maximum atomic E-state index is 13.8. The maximum absolute atomic E-state index is 13.8. The molecule has 4 heterocycles. The van der Waals surface area contributed by atoms with Gasteiger partial charge in [0.25, 0.3) is 5.91 Å². The minimum Gasteiger partial charge on any atom is -0.304 e. The van der Waals surface area contributed by atoms with E-state index in [1.54, 1.807) is 23.6 Å². The van der Waals surface area contributed by atoms with Gasteiger partial charge in [-0.15, -0.1) is 11.3 Å². The summed E-state index contributed by atoms with van der Waals surface area (Å²) in [6.07, 6.45) is 4.59. The van der Waals surface area contributed by atoms with Crippen molar-refractivity contribution in [2.75, 3.05) is 5.32 Å². The van der Waals surface area contributed by atoms with E-state index in [2.05, 4.69) is 20.5 Å². The van der Waals surface area contributed by atoms with Gasteiger partial charge in [-0.1, -0.05) is 6.07 Å². The number of alkyl halides is 3. The van der Waals surface area contributed by atoms with Crippen molar-refractivity contribution in [1.82, 2.24) is 24.4 Å². The van der Waals surface area contributed by atoms with Crippen LogP contribution in [0, 0.1) is 17.8 Å². The van der Waals surface area contributed by atoms with Crippen LogP contribution in [0.2, 0.25) is 0 Å². The van der Waals surface area contributed by atoms with E-state index < -0.39 is 17.8 Å². The van der Waals surface area contributed by atoms with E-state index in [0.29, 0.717) is 15.2 Å². The van der Waals surface area contributed by atoms with Crippen molar-refractivity contribution < 1.29 is 18.0 Å². The summed E-state index contributed by atoms with van der Waals surface area (Å²) < 4.78 is 44.1. The van der Waals surface area contributed by atoms with Gasteiger partial charge in [-0.05, 0) is 73.8 Å². The van der Waals surface area contributed by atoms with Crippen LogP contribution in [0.3, 0.4) is 0 Å². The van der Waals surface area contributed by atoms with Crippen molar-refractivity contribution in [3.63, 3.8) is 0 Å². The molecule has 0 spiro atoms. The highest BCUT2D eigenvalue weighted by Gasteiger charge is 2.52. The monoisotopic (exact) mass is 512 g/mol. The molecule has 4 aromatic heterocycles. The Kier molecular flexibility index (Phi) is 4.68. The van der Waals surface area contributed by atoms with Crippen molar-refractivity contribution in [1.29, 1.82) is 0 Å². The summed E-state index contributed by atoms with van der Waals surface area (Å²) in [6, 6.07) is 7.43. The van der Waals surface area contributed by atoms with Gasteiger partial charge in [-0.3, -0.25) is 9.48 Å². The lowest BCUT2D eigenvalue weighted by Crippen LogP contribution is -2.52. The van der Waals surface area contributed by atoms with Crippen LogP contribution in [0.5, 0.6) is 0 Å². The highest BCUT2D eigenvalue weighted by molar-refractivity contribution is 7.13. The van der Waals surface area contributed by atoms with Gasteiger partial charge in [0.15, 0.2) is 22.9 Å². The number of carbonyl (C=O) groups excluding carboxylic acids is 1. The molecule has 1 amide bonds. The van der Waals surface area contributed by atoms with Gasteiger partial charge in [-0.2, -0.15) is 23.4 Å². The first kappa shape index (κ1) is 22.0. The number of fused-ring (bicyclic) bond motifs is 1. The lowest BCUT2D eigenvalue weighted by molar-refractivity contribution is -0.142. The molecule has 8 rings (SSSR count). The zero-order valence-electron chi connectivity index (χ0n) is 19.2. The molecule has 0 aliphatic heterocycles. The lowest BCUT2D eigenvalue weighted by Gasteiger charge is -2.56. The molecular formula is C25H23F3N6OS. The standard InChI is InChI=1S/C25H23F3N6OS/c26-25(27,28)20-9-17(19-2-1-5-36-19)29-22-10-18(31-34(20)22)23(35)30-21-3-4-33(32-21)24-11-14-6-15(12-24)8-16(7-14)13-24/h1-5,9-10,14-16H,6-8,11-13H2,(H,30,32,35). The van der Waals surface area contributed by atoms with Gasteiger partial charge >= 0.3 is 6.18 Å². The molecule has 0 unspecified atom stereocenters. The third-order valence-electron chi connectivity index (χ3n) is 8.05. The fraction of sp³-hybridized carbons (Fsp3) is 0.440. The molecule has 0 atom stereocenters. The molecule has 11 heteroatoms. The summed E-state index contributed by atoms with van der Waals surface area (Å²) >= 11 is 1.29. The first-order valence-corrected chi connectivity index (χ1v) is 13.0. The third-order valence-corrected chi connectivity index (χ3v) is 8.94. The van der Waals surface area contributed by atoms with E-state index in [-0.39, 0.29) is 22.6 Å². The second-order valence-corrected chi connectivity index (χ2v) is 11.5. The van der Waals surface area contributed by atoms with Gasteiger partial charge in [0, 0.05) is 18.3 Å². The zero-order valence-corrected chi connectivity index (χ0v) is 20.0. The minimum absolute atomic E-state index is 0.0184. The number of amides is 1. The lowest BCUT2D eigenvalue weighted by atomic mass is 9.53. The molecule has 4 aliphatic carbocycles. The average Bonchev–Trinajstić information content (AvgIpc) is 3.57. The topological polar surface area (TPSA) is 77.1 Å². The Hall–Kier alpha value is -3.21. The summed E-state index contributed by atoms with van der Waals surface area (Å²) in [5, 5.41) is 13.1. The van der Waals surface area contributed by atoms with Crippen molar-refractivity contribution in [3.8, 4) is 10.6 Å². The van der Waals surface area contributed by atoms with Crippen LogP contribution in [0.1, 0.15) is 54.7 Å². The summed E-state index contributed by atoms with van der Waals surface area (Å²) in [4.78, 5) is 17.9. The number of halogens is 3. The van der Waals surface area contributed by atoms with Crippen LogP contribution in [-0.2, 0) is 11.7 Å². The Morgan fingerprint density at radius 2 is 1.78 bits per heavy atom. The van der Waals surface area contributed by atoms with E-state index in [4.69, 9.17) is 0 Å². The summed E-state index contributed by atoms with van der Waals surface area (Å²) in [5.74, 6) is 2.01. The fourth-order valence-electron chi connectivity index (χ4n) is 7.02. The van der Waals surface area contributed by atoms with Crippen molar-refractivity contribution >= 4 is 28.7 Å². The number of nitrogens with zero attached hydrogens (tertiary/aromatic N) is 5. The van der Waals surface area contributed by atoms with Gasteiger partial charge in [0.05, 0.1) is 16.1 Å². The average molecular weight is 513 g/mol. The van der Waals surface area contributed by atoms with Crippen molar-refractivity contribution in [2.24, 2.45) is 17.8 Å². The van der Waals surface area contributed by atoms with Gasteiger partial charge in [0.1, 0.15) is 0 Å². The maximum Gasteiger partial charge on any atom is 0.433 e. The van der Waals surface area contributed by atoms with Crippen LogP contribution in [0.25, 0.3) is 16.2 Å². The number of aromatic nitrogens is 5. The third kappa shape index (κ3) is 3.55. The number of thiophene rings is 1. The van der Waals surface area contributed by atoms with Crippen LogP contribution in [0.15, 0.2) is 41.9 Å². The Labute approximate surface area is 208 Å². The molecule has 0 aromatic carbocycles. The van der Waals surface area contributed by atoms with E-state index in [0.717, 1.165) is 43.1 Å². The van der Waals surface area contributed by atoms with Gasteiger partial charge in [-0.25, -0.2) is 9.50 Å². The largest absolute Gasteiger partial charge is 0.433 e.